The molecule has 1 saturated heterocycles. The van der Waals surface area contributed by atoms with Gasteiger partial charge in [0.15, 0.2) is 0 Å². The first kappa shape index (κ1) is 15.1. The lowest BCUT2D eigenvalue weighted by Gasteiger charge is -2.20. The quantitative estimate of drug-likeness (QED) is 0.727. The minimum absolute atomic E-state index is 0.198. The van der Waals surface area contributed by atoms with Crippen LogP contribution in [0.5, 0.6) is 0 Å². The molecule has 4 heterocycles. The Labute approximate surface area is 139 Å². The Hall–Kier alpha value is -2.48. The van der Waals surface area contributed by atoms with Gasteiger partial charge in [0.25, 0.3) is 5.89 Å². The van der Waals surface area contributed by atoms with Gasteiger partial charge in [-0.3, -0.25) is 4.90 Å². The zero-order valence-electron chi connectivity index (χ0n) is 14.1. The van der Waals surface area contributed by atoms with E-state index in [0.29, 0.717) is 18.3 Å². The Morgan fingerprint density at radius 2 is 2.08 bits per heavy atom. The molecule has 1 aliphatic heterocycles. The first-order valence-electron chi connectivity index (χ1n) is 8.11. The summed E-state index contributed by atoms with van der Waals surface area (Å²) < 4.78 is 12.8. The number of hydrogen-bond donors (Lipinski definition) is 0. The van der Waals surface area contributed by atoms with Crippen LogP contribution in [0.15, 0.2) is 21.2 Å². The molecule has 0 bridgehead atoms. The standard InChI is InChI=1S/C16H20N6O2/c1-10-6-7-13(21(10)3)16-18-17-14(23-16)9-22-8-4-5-12(22)15-11(2)19-24-20-15/h6-7,12H,4-5,8-9H2,1-3H3/t12-/m1/s1. The van der Waals surface area contributed by atoms with E-state index < -0.39 is 0 Å². The summed E-state index contributed by atoms with van der Waals surface area (Å²) in [6.45, 7) is 5.54. The van der Waals surface area contributed by atoms with E-state index in [1.807, 2.05) is 37.6 Å². The van der Waals surface area contributed by atoms with E-state index in [1.54, 1.807) is 0 Å². The van der Waals surface area contributed by atoms with E-state index in [1.165, 1.54) is 0 Å². The molecule has 4 rings (SSSR count). The van der Waals surface area contributed by atoms with Gasteiger partial charge in [-0.2, -0.15) is 0 Å². The molecule has 0 aromatic carbocycles. The van der Waals surface area contributed by atoms with Crippen LogP contribution in [-0.4, -0.2) is 36.5 Å². The van der Waals surface area contributed by atoms with Crippen molar-refractivity contribution in [3.63, 3.8) is 0 Å². The number of likely N-dealkylation sites (tertiary alicyclic amines) is 1. The third-order valence-electron chi connectivity index (χ3n) is 4.76. The average Bonchev–Trinajstić information content (AvgIpc) is 3.32. The molecule has 3 aromatic rings. The predicted octanol–water partition coefficient (Wildman–Crippen LogP) is 2.41. The van der Waals surface area contributed by atoms with Gasteiger partial charge < -0.3 is 8.98 Å². The molecular weight excluding hydrogens is 308 g/mol. The molecular formula is C16H20N6O2. The third-order valence-corrected chi connectivity index (χ3v) is 4.76. The van der Waals surface area contributed by atoms with Crippen LogP contribution < -0.4 is 0 Å². The minimum atomic E-state index is 0.198. The molecule has 0 radical (unpaired) electrons. The number of aromatic nitrogens is 5. The van der Waals surface area contributed by atoms with Crippen LogP contribution in [0.2, 0.25) is 0 Å². The maximum Gasteiger partial charge on any atom is 0.264 e. The van der Waals surface area contributed by atoms with Crippen LogP contribution in [0.1, 0.15) is 41.9 Å². The van der Waals surface area contributed by atoms with E-state index in [2.05, 4.69) is 25.4 Å². The van der Waals surface area contributed by atoms with Gasteiger partial charge in [-0.15, -0.1) is 10.2 Å². The number of rotatable bonds is 4. The highest BCUT2D eigenvalue weighted by molar-refractivity contribution is 5.48. The smallest absolute Gasteiger partial charge is 0.264 e. The summed E-state index contributed by atoms with van der Waals surface area (Å²) in [6.07, 6.45) is 2.14. The van der Waals surface area contributed by atoms with Crippen LogP contribution in [0.3, 0.4) is 0 Å². The Balaban J connectivity index is 1.53. The van der Waals surface area contributed by atoms with Gasteiger partial charge in [-0.25, -0.2) is 4.63 Å². The van der Waals surface area contributed by atoms with Crippen molar-refractivity contribution in [1.29, 1.82) is 0 Å². The van der Waals surface area contributed by atoms with Crippen molar-refractivity contribution < 1.29 is 9.05 Å². The lowest BCUT2D eigenvalue weighted by atomic mass is 10.1. The van der Waals surface area contributed by atoms with Crippen molar-refractivity contribution in [2.45, 2.75) is 39.3 Å². The Bertz CT molecular complexity index is 849. The summed E-state index contributed by atoms with van der Waals surface area (Å²) in [5, 5.41) is 16.4. The summed E-state index contributed by atoms with van der Waals surface area (Å²) in [6, 6.07) is 4.23. The summed E-state index contributed by atoms with van der Waals surface area (Å²) in [5.74, 6) is 1.17. The summed E-state index contributed by atoms with van der Waals surface area (Å²) in [5.41, 5.74) is 3.84. The number of aryl methyl sites for hydroxylation is 2. The second kappa shape index (κ2) is 5.86. The molecule has 1 aliphatic rings. The van der Waals surface area contributed by atoms with Crippen LogP contribution in [0.4, 0.5) is 0 Å². The minimum Gasteiger partial charge on any atom is -0.418 e. The highest BCUT2D eigenvalue weighted by Gasteiger charge is 2.31. The second-order valence-corrected chi connectivity index (χ2v) is 6.28. The van der Waals surface area contributed by atoms with Gasteiger partial charge in [-0.05, 0) is 45.4 Å². The summed E-state index contributed by atoms with van der Waals surface area (Å²) in [4.78, 5) is 2.29. The first-order valence-corrected chi connectivity index (χ1v) is 8.11. The first-order chi connectivity index (χ1) is 11.6. The predicted molar refractivity (Wildman–Crippen MR) is 84.9 cm³/mol. The van der Waals surface area contributed by atoms with Gasteiger partial charge in [0.1, 0.15) is 17.1 Å². The van der Waals surface area contributed by atoms with E-state index >= 15 is 0 Å². The van der Waals surface area contributed by atoms with Crippen molar-refractivity contribution in [2.24, 2.45) is 7.05 Å². The molecule has 8 heteroatoms. The molecule has 0 saturated carbocycles. The van der Waals surface area contributed by atoms with Crippen molar-refractivity contribution in [3.05, 3.63) is 35.1 Å². The van der Waals surface area contributed by atoms with E-state index in [9.17, 15) is 0 Å². The lowest BCUT2D eigenvalue weighted by Crippen LogP contribution is -2.23. The zero-order valence-corrected chi connectivity index (χ0v) is 14.1. The van der Waals surface area contributed by atoms with Crippen molar-refractivity contribution in [2.75, 3.05) is 6.54 Å². The monoisotopic (exact) mass is 328 g/mol. The average molecular weight is 328 g/mol. The van der Waals surface area contributed by atoms with Crippen molar-refractivity contribution in [3.8, 4) is 11.6 Å². The van der Waals surface area contributed by atoms with Gasteiger partial charge in [-0.1, -0.05) is 10.3 Å². The zero-order chi connectivity index (χ0) is 16.7. The molecule has 0 spiro atoms. The van der Waals surface area contributed by atoms with Crippen molar-refractivity contribution in [1.82, 2.24) is 30.0 Å². The van der Waals surface area contributed by atoms with Gasteiger partial charge in [0, 0.05) is 12.7 Å². The topological polar surface area (TPSA) is 86.0 Å². The summed E-state index contributed by atoms with van der Waals surface area (Å²) >= 11 is 0. The maximum absolute atomic E-state index is 5.88. The van der Waals surface area contributed by atoms with Crippen LogP contribution >= 0.6 is 0 Å². The molecule has 0 N–H and O–H groups in total. The highest BCUT2D eigenvalue weighted by atomic mass is 16.6. The molecule has 24 heavy (non-hydrogen) atoms. The van der Waals surface area contributed by atoms with Gasteiger partial charge >= 0.3 is 0 Å². The second-order valence-electron chi connectivity index (χ2n) is 6.28. The molecule has 0 amide bonds. The Morgan fingerprint density at radius 1 is 1.21 bits per heavy atom. The Kier molecular flexibility index (Phi) is 3.68. The van der Waals surface area contributed by atoms with Crippen LogP contribution in [0, 0.1) is 13.8 Å². The van der Waals surface area contributed by atoms with Gasteiger partial charge in [0.05, 0.1) is 12.6 Å². The summed E-state index contributed by atoms with van der Waals surface area (Å²) in [7, 11) is 1.99. The molecule has 3 aromatic heterocycles. The normalized spacial score (nSPS) is 18.5. The van der Waals surface area contributed by atoms with Crippen molar-refractivity contribution >= 4 is 0 Å². The molecule has 0 aliphatic carbocycles. The molecule has 1 fully saturated rings. The molecule has 0 unspecified atom stereocenters. The number of nitrogens with zero attached hydrogens (tertiary/aromatic N) is 6. The molecule has 126 valence electrons. The van der Waals surface area contributed by atoms with E-state index in [4.69, 9.17) is 9.05 Å². The van der Waals surface area contributed by atoms with Gasteiger partial charge in [0.2, 0.25) is 5.89 Å². The number of hydrogen-bond acceptors (Lipinski definition) is 7. The maximum atomic E-state index is 5.88. The molecule has 1 atom stereocenters. The fourth-order valence-electron chi connectivity index (χ4n) is 3.29. The lowest BCUT2D eigenvalue weighted by molar-refractivity contribution is 0.212. The largest absolute Gasteiger partial charge is 0.418 e. The third kappa shape index (κ3) is 2.52. The van der Waals surface area contributed by atoms with E-state index in [0.717, 1.165) is 42.2 Å². The highest BCUT2D eigenvalue weighted by Crippen LogP contribution is 2.33. The van der Waals surface area contributed by atoms with Crippen LogP contribution in [-0.2, 0) is 13.6 Å². The fourth-order valence-corrected chi connectivity index (χ4v) is 3.29. The SMILES string of the molecule is Cc1nonc1[C@H]1CCCN1Cc1nnc(-c2ccc(C)n2C)o1. The fraction of sp³-hybridized carbons (Fsp3) is 0.500. The molecule has 8 nitrogen and oxygen atoms in total. The van der Waals surface area contributed by atoms with Crippen LogP contribution in [0.25, 0.3) is 11.6 Å². The Morgan fingerprint density at radius 3 is 2.79 bits per heavy atom. The van der Waals surface area contributed by atoms with E-state index in [-0.39, 0.29) is 6.04 Å².